The van der Waals surface area contributed by atoms with Crippen molar-refractivity contribution in [2.75, 3.05) is 0 Å². The van der Waals surface area contributed by atoms with Crippen LogP contribution in [0.5, 0.6) is 0 Å². The van der Waals surface area contributed by atoms with Gasteiger partial charge in [0.25, 0.3) is 0 Å². The van der Waals surface area contributed by atoms with Gasteiger partial charge in [0.05, 0.1) is 44.5 Å². The van der Waals surface area contributed by atoms with Crippen LogP contribution in [-0.2, 0) is 29.4 Å². The summed E-state index contributed by atoms with van der Waals surface area (Å²) < 4.78 is 73.9. The van der Waals surface area contributed by atoms with Gasteiger partial charge in [-0.2, -0.15) is 22.7 Å². The molecule has 234 valence electrons. The zero-order valence-corrected chi connectivity index (χ0v) is 24.9. The van der Waals surface area contributed by atoms with E-state index in [1.807, 2.05) is 10.4 Å². The number of allylic oxidation sites excluding steroid dienone is 1. The average molecular weight is 641 g/mol. The molecule has 1 unspecified atom stereocenters. The predicted octanol–water partition coefficient (Wildman–Crippen LogP) is 4.46. The number of hydrogen-bond acceptors (Lipinski definition) is 7. The van der Waals surface area contributed by atoms with Crippen molar-refractivity contribution in [2.45, 2.75) is 61.9 Å². The lowest BCUT2D eigenvalue weighted by atomic mass is 9.60. The van der Waals surface area contributed by atoms with Crippen LogP contribution >= 0.6 is 0 Å². The zero-order valence-electron chi connectivity index (χ0n) is 24.1. The second-order valence-electron chi connectivity index (χ2n) is 11.8. The maximum Gasteiger partial charge on any atom is 0.416 e. The first-order valence-electron chi connectivity index (χ1n) is 14.4. The number of pyridine rings is 2. The summed E-state index contributed by atoms with van der Waals surface area (Å²) in [7, 11) is -1.48. The van der Waals surface area contributed by atoms with Crippen molar-refractivity contribution in [2.24, 2.45) is 12.5 Å². The Morgan fingerprint density at radius 3 is 2.58 bits per heavy atom. The molecule has 7 rings (SSSR count). The topological polar surface area (TPSA) is 112 Å². The van der Waals surface area contributed by atoms with E-state index in [0.29, 0.717) is 29.8 Å². The van der Waals surface area contributed by atoms with Gasteiger partial charge in [0.1, 0.15) is 12.0 Å². The molecule has 4 aromatic heterocycles. The summed E-state index contributed by atoms with van der Waals surface area (Å²) in [6.45, 7) is 0. The van der Waals surface area contributed by atoms with Gasteiger partial charge in [-0.05, 0) is 80.3 Å². The van der Waals surface area contributed by atoms with Crippen LogP contribution < -0.4 is 0 Å². The lowest BCUT2D eigenvalue weighted by Crippen LogP contribution is -2.51. The fourth-order valence-electron chi connectivity index (χ4n) is 6.64. The molecule has 0 aliphatic heterocycles. The van der Waals surface area contributed by atoms with Crippen molar-refractivity contribution in [1.82, 2.24) is 38.8 Å². The summed E-state index contributed by atoms with van der Waals surface area (Å²) in [5, 5.41) is 8.86. The number of Topliss-reactive ketones (excluding diaryl/α,β-unsaturated/α-hetero) is 1. The van der Waals surface area contributed by atoms with Gasteiger partial charge in [-0.1, -0.05) is 5.57 Å². The minimum atomic E-state index is -4.66. The third-order valence-electron chi connectivity index (χ3n) is 8.82. The van der Waals surface area contributed by atoms with Crippen LogP contribution in [0, 0.1) is 11.4 Å². The average Bonchev–Trinajstić information content (AvgIpc) is 3.59. The van der Waals surface area contributed by atoms with Crippen LogP contribution in [0.15, 0.2) is 59.9 Å². The molecule has 0 bridgehead atoms. The number of carbonyl (C=O) groups excluding carboxylic acids is 1. The maximum absolute atomic E-state index is 14.6. The smallest absolute Gasteiger partial charge is 0.291 e. The number of aryl methyl sites for hydroxylation is 1. The molecule has 3 atom stereocenters. The fraction of sp³-hybridized carbons (Fsp3) is 0.367. The first-order valence-corrected chi connectivity index (χ1v) is 16.0. The number of hydrogen-bond donors (Lipinski definition) is 0. The first-order chi connectivity index (χ1) is 21.4. The van der Waals surface area contributed by atoms with Crippen molar-refractivity contribution >= 4 is 27.4 Å². The lowest BCUT2D eigenvalue weighted by molar-refractivity contribution is -0.137. The van der Waals surface area contributed by atoms with Gasteiger partial charge in [-0.25, -0.2) is 23.2 Å². The van der Waals surface area contributed by atoms with Crippen molar-refractivity contribution in [1.29, 1.82) is 0 Å². The maximum atomic E-state index is 14.6. The van der Waals surface area contributed by atoms with Gasteiger partial charge in [-0.3, -0.25) is 14.5 Å². The number of aromatic nitrogens is 7. The molecule has 3 aliphatic carbocycles. The molecule has 3 aliphatic rings. The molecule has 0 radical (unpaired) electrons. The van der Waals surface area contributed by atoms with E-state index in [1.54, 1.807) is 17.9 Å². The number of nitrogens with zero attached hydrogens (tertiary/aromatic N) is 8. The molecule has 2 saturated carbocycles. The Morgan fingerprint density at radius 1 is 1.11 bits per heavy atom. The third kappa shape index (κ3) is 5.07. The van der Waals surface area contributed by atoms with E-state index < -0.39 is 44.6 Å². The number of alkyl halides is 3. The summed E-state index contributed by atoms with van der Waals surface area (Å²) in [6.07, 6.45) is 5.39. The van der Waals surface area contributed by atoms with Crippen LogP contribution in [-0.4, -0.2) is 66.8 Å². The van der Waals surface area contributed by atoms with E-state index in [2.05, 4.69) is 31.0 Å². The largest absolute Gasteiger partial charge is 0.416 e. The highest BCUT2D eigenvalue weighted by Gasteiger charge is 2.53. The molecule has 4 aromatic rings. The minimum Gasteiger partial charge on any atom is -0.291 e. The van der Waals surface area contributed by atoms with E-state index >= 15 is 0 Å². The number of fused-ring (bicyclic) bond motifs is 2. The Kier molecular flexibility index (Phi) is 6.82. The monoisotopic (exact) mass is 640 g/mol. The van der Waals surface area contributed by atoms with E-state index in [9.17, 15) is 26.6 Å². The van der Waals surface area contributed by atoms with Crippen molar-refractivity contribution in [3.05, 3.63) is 83.2 Å². The molecule has 2 fully saturated rings. The normalized spacial score (nSPS) is 22.8. The molecule has 10 nitrogen and oxygen atoms in total. The van der Waals surface area contributed by atoms with Crippen LogP contribution in [0.2, 0.25) is 0 Å². The highest BCUT2D eigenvalue weighted by Crippen LogP contribution is 2.52. The Balaban J connectivity index is 1.33. The Hall–Kier alpha value is -4.24. The number of ketones is 1. The molecule has 45 heavy (non-hydrogen) atoms. The Morgan fingerprint density at radius 2 is 1.91 bits per heavy atom. The van der Waals surface area contributed by atoms with Crippen LogP contribution in [0.25, 0.3) is 11.8 Å². The van der Waals surface area contributed by atoms with E-state index in [-0.39, 0.29) is 29.7 Å². The third-order valence-corrected chi connectivity index (χ3v) is 10.9. The number of rotatable bonds is 7. The van der Waals surface area contributed by atoms with E-state index in [0.717, 1.165) is 36.7 Å². The summed E-state index contributed by atoms with van der Waals surface area (Å²) in [5.74, 6) is 2.88. The summed E-state index contributed by atoms with van der Waals surface area (Å²) in [6, 6.07) is 3.92. The van der Waals surface area contributed by atoms with Gasteiger partial charge in [-0.15, -0.1) is 5.10 Å². The van der Waals surface area contributed by atoms with E-state index in [4.69, 9.17) is 0 Å². The molecule has 15 heteroatoms. The second-order valence-corrected chi connectivity index (χ2v) is 13.9. The van der Waals surface area contributed by atoms with Gasteiger partial charge >= 0.3 is 6.18 Å². The van der Waals surface area contributed by atoms with E-state index in [1.165, 1.54) is 29.3 Å². The standard InChI is InChI=1S/C30H28F4N8O2S/c1-40-17-37-28(39-40)45(2,44)42(21-5-6-21)22-4-3-19-12-25-18(15-38-41(25)23-7-8-26(31)36-16-23)13-29(19,14-22)27(43)24-11-20(9-10-35-24)30(32,33)34/h7-12,15-17,21-22H,2-6,13-14H2,1H3/t22-,29-,45?/m0/s1. The fourth-order valence-corrected chi connectivity index (χ4v) is 8.66. The quantitative estimate of drug-likeness (QED) is 0.127. The SMILES string of the molecule is C=S(=O)(c1ncn(C)n1)N(C1CC1)[C@H]1CCC2=Cc3c(cnn3-c3ccc(F)nc3)C[C@]2(C(=O)c2cc(C(F)(F)F)ccn2)C1. The van der Waals surface area contributed by atoms with Crippen molar-refractivity contribution in [3.8, 4) is 5.69 Å². The molecule has 0 spiro atoms. The summed E-state index contributed by atoms with van der Waals surface area (Å²) in [5.41, 5.74) is 0.0383. The number of carbonyl (C=O) groups is 1. The lowest BCUT2D eigenvalue weighted by Gasteiger charge is -2.47. The first kappa shape index (κ1) is 29.5. The molecule has 0 saturated heterocycles. The highest BCUT2D eigenvalue weighted by molar-refractivity contribution is 7.98. The van der Waals surface area contributed by atoms with Crippen molar-refractivity contribution < 1.29 is 26.6 Å². The molecule has 0 aromatic carbocycles. The van der Waals surface area contributed by atoms with Crippen LogP contribution in [0.1, 0.15) is 59.4 Å². The molecule has 0 N–H and O–H groups in total. The summed E-state index contributed by atoms with van der Waals surface area (Å²) in [4.78, 5) is 26.6. The molecular formula is C30H28F4N8O2S. The van der Waals surface area contributed by atoms with Crippen LogP contribution in [0.3, 0.4) is 0 Å². The molecule has 4 heterocycles. The molecular weight excluding hydrogens is 612 g/mol. The van der Waals surface area contributed by atoms with Crippen LogP contribution in [0.4, 0.5) is 17.6 Å². The van der Waals surface area contributed by atoms with Gasteiger partial charge in [0, 0.05) is 25.3 Å². The van der Waals surface area contributed by atoms with Crippen molar-refractivity contribution in [3.63, 3.8) is 0 Å². The predicted molar refractivity (Wildman–Crippen MR) is 156 cm³/mol. The van der Waals surface area contributed by atoms with Gasteiger partial charge < -0.3 is 0 Å². The Labute approximate surface area is 256 Å². The number of halogens is 4. The highest BCUT2D eigenvalue weighted by atomic mass is 32.2. The minimum absolute atomic E-state index is 0.0546. The van der Waals surface area contributed by atoms with Gasteiger partial charge in [0.2, 0.25) is 11.1 Å². The zero-order chi connectivity index (χ0) is 31.7. The second kappa shape index (κ2) is 10.4. The molecule has 0 amide bonds. The Bertz CT molecular complexity index is 1950. The summed E-state index contributed by atoms with van der Waals surface area (Å²) >= 11 is 0. The van der Waals surface area contributed by atoms with Gasteiger partial charge in [0.15, 0.2) is 5.78 Å².